The Kier molecular flexibility index (Phi) is 16.1. The van der Waals surface area contributed by atoms with Gasteiger partial charge in [-0.3, -0.25) is 20.2 Å². The predicted octanol–water partition coefficient (Wildman–Crippen LogP) is 3.95. The van der Waals surface area contributed by atoms with Crippen molar-refractivity contribution in [2.45, 2.75) is 65.1 Å². The number of quaternary nitrogens is 1. The number of rotatable bonds is 16. The molecule has 0 unspecified atom stereocenters. The van der Waals surface area contributed by atoms with Gasteiger partial charge < -0.3 is 33.5 Å². The number of aromatic nitrogens is 1. The van der Waals surface area contributed by atoms with E-state index in [0.29, 0.717) is 59.7 Å². The van der Waals surface area contributed by atoms with Gasteiger partial charge in [0.2, 0.25) is 5.91 Å². The highest BCUT2D eigenvalue weighted by Crippen LogP contribution is 2.30. The summed E-state index contributed by atoms with van der Waals surface area (Å²) < 4.78 is 50.1. The van der Waals surface area contributed by atoms with Gasteiger partial charge in [0, 0.05) is 36.4 Å². The molecular formula is C37H49N5O10S. The molecular weight excluding hydrogens is 706 g/mol. The van der Waals surface area contributed by atoms with Crippen LogP contribution in [0.2, 0.25) is 0 Å². The van der Waals surface area contributed by atoms with E-state index in [0.717, 1.165) is 18.4 Å². The summed E-state index contributed by atoms with van der Waals surface area (Å²) in [5, 5.41) is 11.6. The number of hydrogen-bond acceptors (Lipinski definition) is 11. The number of hydrogen-bond donors (Lipinski definition) is 3. The first-order valence-corrected chi connectivity index (χ1v) is 18.9. The molecule has 0 saturated heterocycles. The van der Waals surface area contributed by atoms with Gasteiger partial charge in [-0.05, 0) is 76.4 Å². The van der Waals surface area contributed by atoms with Crippen LogP contribution < -0.4 is 30.2 Å². The van der Waals surface area contributed by atoms with Gasteiger partial charge in [-0.1, -0.05) is 35.5 Å². The van der Waals surface area contributed by atoms with E-state index in [4.69, 9.17) is 31.7 Å². The van der Waals surface area contributed by atoms with Crippen LogP contribution in [0.5, 0.6) is 17.2 Å². The fourth-order valence-corrected chi connectivity index (χ4v) is 5.33. The summed E-state index contributed by atoms with van der Waals surface area (Å²) in [5.41, 5.74) is 1.92. The zero-order valence-corrected chi connectivity index (χ0v) is 31.9. The van der Waals surface area contributed by atoms with E-state index in [1.165, 1.54) is 5.32 Å². The number of nitrogens with two attached hydrogens (primary N) is 1. The Bertz CT molecular complexity index is 1900. The summed E-state index contributed by atoms with van der Waals surface area (Å²) in [6.45, 7) is 8.90. The fraction of sp³-hybridized carbons (Fsp3) is 0.405. The van der Waals surface area contributed by atoms with Gasteiger partial charge in [0.05, 0.1) is 42.9 Å². The van der Waals surface area contributed by atoms with E-state index < -0.39 is 22.1 Å². The smallest absolute Gasteiger partial charge is 0.413 e. The van der Waals surface area contributed by atoms with E-state index in [1.807, 2.05) is 62.9 Å². The molecule has 0 fully saturated rings. The third kappa shape index (κ3) is 13.7. The summed E-state index contributed by atoms with van der Waals surface area (Å²) >= 11 is 0. The number of carbonyl (C=O) groups excluding carboxylic acids is 3. The lowest BCUT2D eigenvalue weighted by Crippen LogP contribution is -2.87. The molecule has 4 aromatic rings. The Morgan fingerprint density at radius 1 is 0.925 bits per heavy atom. The highest BCUT2D eigenvalue weighted by molar-refractivity contribution is 7.84. The molecule has 0 aliphatic carbocycles. The number of nitrogens with zero attached hydrogens (tertiary/aromatic N) is 2. The van der Waals surface area contributed by atoms with Crippen molar-refractivity contribution in [3.05, 3.63) is 77.9 Å². The third-order valence-corrected chi connectivity index (χ3v) is 7.69. The number of amides is 4. The number of unbranched alkanes of at least 4 members (excludes halogenated alkanes) is 1. The van der Waals surface area contributed by atoms with Crippen LogP contribution in [0, 0.1) is 0 Å². The van der Waals surface area contributed by atoms with Crippen LogP contribution in [0.3, 0.4) is 0 Å². The van der Waals surface area contributed by atoms with Crippen LogP contribution in [-0.2, 0) is 21.3 Å². The Hall–Kier alpha value is -5.19. The first-order chi connectivity index (χ1) is 25.1. The minimum atomic E-state index is -3.92. The second kappa shape index (κ2) is 20.2. The highest BCUT2D eigenvalue weighted by atomic mass is 32.2. The number of methoxy groups -OCH3 is 1. The lowest BCUT2D eigenvalue weighted by Gasteiger charge is -2.31. The highest BCUT2D eigenvalue weighted by Gasteiger charge is 2.25. The molecule has 1 heterocycles. The zero-order chi connectivity index (χ0) is 39.1. The van der Waals surface area contributed by atoms with E-state index in [-0.39, 0.29) is 29.8 Å². The molecule has 0 aliphatic heterocycles. The monoisotopic (exact) mass is 755 g/mol. The molecule has 0 radical (unpaired) electrons. The predicted molar refractivity (Wildman–Crippen MR) is 198 cm³/mol. The lowest BCUT2D eigenvalue weighted by atomic mass is 10.1. The standard InChI is InChI=1S/C36H45N5O7.CH4O3S/c1-23(2)41(24(3)4)35(43)26-14-17-30(32(21-26)45-6)47-19-11-10-18-46-27-15-16-28-31(22-27)48-40-33(28)39-34(42)29(38-36(44)37-5)20-25-12-8-7-9-13-25;1-5(2,3)4/h7-9,12-17,21-24,29H,10-11,18-20H2,1-6H3,(H2,37,38,44)(H,39,40,42);1H3,(H,2,3,4)/t29-;/m0./s1. The van der Waals surface area contributed by atoms with Crippen molar-refractivity contribution in [3.63, 3.8) is 0 Å². The van der Waals surface area contributed by atoms with Crippen molar-refractivity contribution < 1.29 is 51.4 Å². The number of urea groups is 1. The maximum Gasteiger partial charge on any atom is 0.413 e. The Morgan fingerprint density at radius 2 is 1.57 bits per heavy atom. The van der Waals surface area contributed by atoms with E-state index in [1.54, 1.807) is 50.6 Å². The van der Waals surface area contributed by atoms with Crippen molar-refractivity contribution in [1.82, 2.24) is 15.4 Å². The second-order valence-electron chi connectivity index (χ2n) is 12.6. The largest absolute Gasteiger partial charge is 0.748 e. The number of anilines is 1. The SMILES string of the molecule is CS(=O)(=O)[O-].C[NH2+]C(=O)N[C@@H](Cc1ccccc1)C(=O)Nc1noc2cc(OCCCCOc3ccc(C(=O)N(C(C)C)C(C)C)cc3OC)ccc12. The molecule has 4 N–H and O–H groups in total. The molecule has 1 aromatic heterocycles. The van der Waals surface area contributed by atoms with Crippen molar-refractivity contribution in [1.29, 1.82) is 0 Å². The average molecular weight is 756 g/mol. The Morgan fingerprint density at radius 3 is 2.17 bits per heavy atom. The first-order valence-electron chi connectivity index (χ1n) is 17.1. The molecule has 0 aliphatic rings. The van der Waals surface area contributed by atoms with Crippen molar-refractivity contribution in [2.24, 2.45) is 0 Å². The van der Waals surface area contributed by atoms with Gasteiger partial charge in [-0.2, -0.15) is 0 Å². The van der Waals surface area contributed by atoms with Gasteiger partial charge >= 0.3 is 6.03 Å². The summed E-state index contributed by atoms with van der Waals surface area (Å²) in [5.74, 6) is 1.50. The van der Waals surface area contributed by atoms with Crippen molar-refractivity contribution in [2.75, 3.05) is 38.9 Å². The maximum atomic E-state index is 13.2. The molecule has 0 saturated carbocycles. The maximum absolute atomic E-state index is 13.2. The molecule has 288 valence electrons. The van der Waals surface area contributed by atoms with Gasteiger partial charge in [-0.15, -0.1) is 0 Å². The molecule has 16 heteroatoms. The Labute approximate surface area is 310 Å². The average Bonchev–Trinajstić information content (AvgIpc) is 3.50. The molecule has 0 bridgehead atoms. The van der Waals surface area contributed by atoms with Crippen LogP contribution in [0.25, 0.3) is 11.0 Å². The van der Waals surface area contributed by atoms with E-state index in [2.05, 4.69) is 15.8 Å². The number of benzene rings is 3. The third-order valence-electron chi connectivity index (χ3n) is 7.69. The lowest BCUT2D eigenvalue weighted by molar-refractivity contribution is -0.524. The Balaban J connectivity index is 0.00000141. The summed E-state index contributed by atoms with van der Waals surface area (Å²) in [4.78, 5) is 40.1. The number of nitrogens with one attached hydrogen (secondary N) is 2. The van der Waals surface area contributed by atoms with Crippen LogP contribution in [0.4, 0.5) is 10.6 Å². The van der Waals surface area contributed by atoms with Gasteiger partial charge in [0.1, 0.15) is 11.8 Å². The zero-order valence-electron chi connectivity index (χ0n) is 31.1. The van der Waals surface area contributed by atoms with E-state index >= 15 is 0 Å². The number of primary amides is 1. The van der Waals surface area contributed by atoms with Crippen LogP contribution in [-0.4, -0.2) is 92.6 Å². The van der Waals surface area contributed by atoms with Gasteiger partial charge in [-0.25, -0.2) is 13.2 Å². The van der Waals surface area contributed by atoms with Gasteiger partial charge in [0.25, 0.3) is 5.91 Å². The minimum absolute atomic E-state index is 0.0461. The molecule has 53 heavy (non-hydrogen) atoms. The van der Waals surface area contributed by atoms with Crippen LogP contribution in [0.1, 0.15) is 56.5 Å². The van der Waals surface area contributed by atoms with E-state index in [9.17, 15) is 14.4 Å². The molecule has 1 atom stereocenters. The molecule has 0 spiro atoms. The first kappa shape index (κ1) is 42.2. The number of carbonyl (C=O) groups is 3. The van der Waals surface area contributed by atoms with Crippen molar-refractivity contribution in [3.8, 4) is 17.2 Å². The molecule has 3 aromatic carbocycles. The molecule has 4 amide bonds. The van der Waals surface area contributed by atoms with Gasteiger partial charge in [0.15, 0.2) is 22.9 Å². The minimum Gasteiger partial charge on any atom is -0.748 e. The van der Waals surface area contributed by atoms with Crippen LogP contribution in [0.15, 0.2) is 71.3 Å². The normalized spacial score (nSPS) is 11.7. The number of ether oxygens (including phenoxy) is 3. The second-order valence-corrected chi connectivity index (χ2v) is 14.0. The summed E-state index contributed by atoms with van der Waals surface area (Å²) in [6.07, 6.45) is 2.39. The quantitative estimate of drug-likeness (QED) is 0.110. The topological polar surface area (TPSA) is 206 Å². The summed E-state index contributed by atoms with van der Waals surface area (Å²) in [7, 11) is -0.744. The molecule has 4 rings (SSSR count). The summed E-state index contributed by atoms with van der Waals surface area (Å²) in [6, 6.07) is 19.0. The van der Waals surface area contributed by atoms with Crippen molar-refractivity contribution >= 4 is 44.8 Å². The van der Waals surface area contributed by atoms with Crippen LogP contribution >= 0.6 is 0 Å². The number of fused-ring (bicyclic) bond motifs is 1. The molecule has 15 nitrogen and oxygen atoms in total. The fourth-order valence-electron chi connectivity index (χ4n) is 5.33.